The van der Waals surface area contributed by atoms with Crippen LogP contribution >= 0.6 is 87.2 Å². The molecule has 0 heterocycles. The molecule has 2 aromatic carbocycles. The average molecular weight is 564 g/mol. The molecule has 0 N–H and O–H groups in total. The van der Waals surface area contributed by atoms with Crippen molar-refractivity contribution in [2.24, 2.45) is 0 Å². The van der Waals surface area contributed by atoms with Gasteiger partial charge in [0.25, 0.3) is 0 Å². The molecule has 0 amide bonds. The van der Waals surface area contributed by atoms with Gasteiger partial charge < -0.3 is 0 Å². The van der Waals surface area contributed by atoms with E-state index < -0.39 is 0 Å². The minimum atomic E-state index is 1.05. The molecular formula is C14H12Br4S2. The largest absolute Gasteiger partial charge is 0.125 e. The SMILES string of the molecule is CCSc1c(Br)cc(Br)c2c(SCC)c(Br)cc(Br)c12. The van der Waals surface area contributed by atoms with Gasteiger partial charge in [-0.2, -0.15) is 0 Å². The molecule has 0 saturated carbocycles. The minimum absolute atomic E-state index is 1.05. The van der Waals surface area contributed by atoms with Gasteiger partial charge in [-0.25, -0.2) is 0 Å². The quantitative estimate of drug-likeness (QED) is 0.345. The Balaban J connectivity index is 2.92. The Morgan fingerprint density at radius 1 is 0.700 bits per heavy atom. The number of halogens is 4. The van der Waals surface area contributed by atoms with Gasteiger partial charge in [0.1, 0.15) is 0 Å². The van der Waals surface area contributed by atoms with Crippen molar-refractivity contribution < 1.29 is 0 Å². The summed E-state index contributed by atoms with van der Waals surface area (Å²) in [6, 6.07) is 4.30. The molecule has 0 aliphatic rings. The summed E-state index contributed by atoms with van der Waals surface area (Å²) >= 11 is 18.6. The van der Waals surface area contributed by atoms with E-state index in [1.165, 1.54) is 20.6 Å². The van der Waals surface area contributed by atoms with Crippen LogP contribution in [0.2, 0.25) is 0 Å². The van der Waals surface area contributed by atoms with Gasteiger partial charge in [-0.1, -0.05) is 45.7 Å². The summed E-state index contributed by atoms with van der Waals surface area (Å²) in [5, 5.41) is 2.55. The van der Waals surface area contributed by atoms with Crippen LogP contribution in [0, 0.1) is 0 Å². The van der Waals surface area contributed by atoms with E-state index in [-0.39, 0.29) is 0 Å². The molecule has 0 saturated heterocycles. The molecule has 0 aliphatic heterocycles. The van der Waals surface area contributed by atoms with Crippen molar-refractivity contribution in [2.75, 3.05) is 11.5 Å². The molecule has 0 fully saturated rings. The molecule has 2 aromatic rings. The van der Waals surface area contributed by atoms with Gasteiger partial charge in [0.05, 0.1) is 0 Å². The number of hydrogen-bond acceptors (Lipinski definition) is 2. The van der Waals surface area contributed by atoms with Gasteiger partial charge in [0, 0.05) is 38.5 Å². The number of rotatable bonds is 4. The van der Waals surface area contributed by atoms with Crippen molar-refractivity contribution in [3.63, 3.8) is 0 Å². The molecule has 0 aromatic heterocycles. The maximum atomic E-state index is 3.73. The van der Waals surface area contributed by atoms with Gasteiger partial charge in [-0.3, -0.25) is 0 Å². The molecular weight excluding hydrogens is 552 g/mol. The molecule has 0 aliphatic carbocycles. The highest BCUT2D eigenvalue weighted by Gasteiger charge is 2.18. The van der Waals surface area contributed by atoms with Crippen molar-refractivity contribution in [1.82, 2.24) is 0 Å². The third-order valence-corrected chi connectivity index (χ3v) is 7.73. The third kappa shape index (κ3) is 3.46. The lowest BCUT2D eigenvalue weighted by molar-refractivity contribution is 1.36. The van der Waals surface area contributed by atoms with Crippen molar-refractivity contribution in [1.29, 1.82) is 0 Å². The van der Waals surface area contributed by atoms with Crippen LogP contribution in [0.3, 0.4) is 0 Å². The Morgan fingerprint density at radius 3 is 1.35 bits per heavy atom. The van der Waals surface area contributed by atoms with Crippen LogP contribution in [-0.4, -0.2) is 11.5 Å². The molecule has 0 bridgehead atoms. The van der Waals surface area contributed by atoms with Crippen LogP contribution < -0.4 is 0 Å². The fourth-order valence-corrected chi connectivity index (χ4v) is 7.34. The topological polar surface area (TPSA) is 0 Å². The van der Waals surface area contributed by atoms with E-state index >= 15 is 0 Å². The summed E-state index contributed by atoms with van der Waals surface area (Å²) < 4.78 is 4.52. The summed E-state index contributed by atoms with van der Waals surface area (Å²) in [6.07, 6.45) is 0. The number of benzene rings is 2. The van der Waals surface area contributed by atoms with E-state index in [1.54, 1.807) is 0 Å². The summed E-state index contributed by atoms with van der Waals surface area (Å²) in [6.45, 7) is 4.36. The first-order chi connectivity index (χ1) is 9.51. The van der Waals surface area contributed by atoms with Gasteiger partial charge in [0.15, 0.2) is 0 Å². The van der Waals surface area contributed by atoms with Crippen LogP contribution in [0.5, 0.6) is 0 Å². The van der Waals surface area contributed by atoms with Crippen LogP contribution in [-0.2, 0) is 0 Å². The molecule has 6 heteroatoms. The van der Waals surface area contributed by atoms with E-state index in [0.29, 0.717) is 0 Å². The molecule has 0 atom stereocenters. The van der Waals surface area contributed by atoms with Gasteiger partial charge in [-0.05, 0) is 55.5 Å². The molecule has 108 valence electrons. The summed E-state index contributed by atoms with van der Waals surface area (Å²) in [5.41, 5.74) is 0. The zero-order chi connectivity index (χ0) is 14.9. The van der Waals surface area contributed by atoms with Crippen molar-refractivity contribution in [3.8, 4) is 0 Å². The fourth-order valence-electron chi connectivity index (χ4n) is 1.99. The predicted octanol–water partition coefficient (Wildman–Crippen LogP) is 8.11. The number of hydrogen-bond donors (Lipinski definition) is 0. The zero-order valence-corrected chi connectivity index (χ0v) is 18.9. The molecule has 0 radical (unpaired) electrons. The average Bonchev–Trinajstić information content (AvgIpc) is 2.38. The lowest BCUT2D eigenvalue weighted by Crippen LogP contribution is -1.89. The minimum Gasteiger partial charge on any atom is -0.125 e. The van der Waals surface area contributed by atoms with Crippen LogP contribution in [0.15, 0.2) is 39.8 Å². The first-order valence-corrected chi connectivity index (χ1v) is 11.2. The highest BCUT2D eigenvalue weighted by atomic mass is 79.9. The Kier molecular flexibility index (Phi) is 6.83. The van der Waals surface area contributed by atoms with E-state index in [0.717, 1.165) is 29.4 Å². The second-order valence-electron chi connectivity index (χ2n) is 3.95. The van der Waals surface area contributed by atoms with Crippen molar-refractivity contribution >= 4 is 98.0 Å². The maximum absolute atomic E-state index is 3.73. The first kappa shape index (κ1) is 17.7. The molecule has 0 spiro atoms. The smallest absolute Gasteiger partial charge is 0.0329 e. The highest BCUT2D eigenvalue weighted by Crippen LogP contribution is 2.48. The number of fused-ring (bicyclic) bond motifs is 1. The van der Waals surface area contributed by atoms with E-state index in [1.807, 2.05) is 23.5 Å². The molecule has 20 heavy (non-hydrogen) atoms. The van der Waals surface area contributed by atoms with E-state index in [9.17, 15) is 0 Å². The van der Waals surface area contributed by atoms with Gasteiger partial charge in [0.2, 0.25) is 0 Å². The summed E-state index contributed by atoms with van der Waals surface area (Å²) in [5.74, 6) is 2.10. The second-order valence-corrected chi connectivity index (χ2v) is 9.92. The standard InChI is InChI=1S/C14H12Br4S2/c1-3-19-13-9(17)5-8(16)12-11(13)7(15)6-10(18)14(12)20-4-2/h5-6H,3-4H2,1-2H3. The molecule has 0 nitrogen and oxygen atoms in total. The zero-order valence-electron chi connectivity index (χ0n) is 10.9. The normalized spacial score (nSPS) is 11.3. The molecule has 0 unspecified atom stereocenters. The second kappa shape index (κ2) is 7.73. The van der Waals surface area contributed by atoms with E-state index in [2.05, 4.69) is 89.7 Å². The Hall–Kier alpha value is 1.32. The number of thioether (sulfide) groups is 2. The van der Waals surface area contributed by atoms with Crippen molar-refractivity contribution in [2.45, 2.75) is 23.6 Å². The molecule has 2 rings (SSSR count). The Labute approximate surface area is 161 Å². The fraction of sp³-hybridized carbons (Fsp3) is 0.286. The first-order valence-electron chi connectivity index (χ1n) is 6.06. The maximum Gasteiger partial charge on any atom is 0.0329 e. The third-order valence-electron chi connectivity index (χ3n) is 2.70. The summed E-state index contributed by atoms with van der Waals surface area (Å²) in [4.78, 5) is 2.59. The Bertz CT molecular complexity index is 598. The van der Waals surface area contributed by atoms with Crippen molar-refractivity contribution in [3.05, 3.63) is 30.0 Å². The monoisotopic (exact) mass is 560 g/mol. The van der Waals surface area contributed by atoms with E-state index in [4.69, 9.17) is 0 Å². The van der Waals surface area contributed by atoms with Gasteiger partial charge >= 0.3 is 0 Å². The van der Waals surface area contributed by atoms with Crippen LogP contribution in [0.4, 0.5) is 0 Å². The lowest BCUT2D eigenvalue weighted by Gasteiger charge is -2.16. The lowest BCUT2D eigenvalue weighted by atomic mass is 10.1. The predicted molar refractivity (Wildman–Crippen MR) is 108 cm³/mol. The Morgan fingerprint density at radius 2 is 1.05 bits per heavy atom. The van der Waals surface area contributed by atoms with Crippen LogP contribution in [0.25, 0.3) is 10.8 Å². The summed E-state index contributed by atoms with van der Waals surface area (Å²) in [7, 11) is 0. The van der Waals surface area contributed by atoms with Crippen LogP contribution in [0.1, 0.15) is 13.8 Å². The van der Waals surface area contributed by atoms with Gasteiger partial charge in [-0.15, -0.1) is 23.5 Å². The highest BCUT2D eigenvalue weighted by molar-refractivity contribution is 9.11.